The van der Waals surface area contributed by atoms with Crippen LogP contribution in [0.1, 0.15) is 5.56 Å². The van der Waals surface area contributed by atoms with E-state index in [-0.39, 0.29) is 11.7 Å². The van der Waals surface area contributed by atoms with Crippen LogP contribution in [-0.2, 0) is 4.79 Å². The highest BCUT2D eigenvalue weighted by atomic mass is 35.5. The number of halogens is 1. The number of nitrogens with one attached hydrogen (secondary N) is 1. The van der Waals surface area contributed by atoms with E-state index in [0.29, 0.717) is 10.7 Å². The molecule has 1 aromatic carbocycles. The van der Waals surface area contributed by atoms with Gasteiger partial charge in [-0.1, -0.05) is 29.4 Å². The van der Waals surface area contributed by atoms with Gasteiger partial charge in [0.2, 0.25) is 5.91 Å². The van der Waals surface area contributed by atoms with Crippen molar-refractivity contribution in [1.82, 2.24) is 9.97 Å². The van der Waals surface area contributed by atoms with Gasteiger partial charge in [-0.05, 0) is 36.1 Å². The Bertz CT molecular complexity index is 835. The van der Waals surface area contributed by atoms with Crippen LogP contribution in [0.2, 0.25) is 5.02 Å². The number of rotatable bonds is 4. The van der Waals surface area contributed by atoms with E-state index in [9.17, 15) is 4.79 Å². The van der Waals surface area contributed by atoms with Gasteiger partial charge < -0.3 is 5.32 Å². The third kappa shape index (κ3) is 3.40. The molecule has 7 heteroatoms. The summed E-state index contributed by atoms with van der Waals surface area (Å²) in [5.74, 6) is 0.157. The van der Waals surface area contributed by atoms with E-state index in [2.05, 4.69) is 15.3 Å². The lowest BCUT2D eigenvalue weighted by Crippen LogP contribution is -2.14. The van der Waals surface area contributed by atoms with Crippen LogP contribution in [0.3, 0.4) is 0 Å². The van der Waals surface area contributed by atoms with Crippen LogP contribution in [-0.4, -0.2) is 21.6 Å². The lowest BCUT2D eigenvalue weighted by molar-refractivity contribution is -0.113. The molecule has 0 atom stereocenters. The largest absolute Gasteiger partial charge is 0.324 e. The molecule has 22 heavy (non-hydrogen) atoms. The van der Waals surface area contributed by atoms with Crippen molar-refractivity contribution in [3.63, 3.8) is 0 Å². The molecule has 0 unspecified atom stereocenters. The van der Waals surface area contributed by atoms with Crippen molar-refractivity contribution in [3.05, 3.63) is 46.6 Å². The molecule has 0 saturated heterocycles. The summed E-state index contributed by atoms with van der Waals surface area (Å²) in [6, 6.07) is 7.51. The minimum absolute atomic E-state index is 0.113. The lowest BCUT2D eigenvalue weighted by atomic mass is 10.2. The predicted octanol–water partition coefficient (Wildman–Crippen LogP) is 4.38. The second-order valence-electron chi connectivity index (χ2n) is 4.64. The maximum Gasteiger partial charge on any atom is 0.234 e. The fraction of sp³-hybridized carbons (Fsp3) is 0.133. The number of anilines is 1. The zero-order valence-corrected chi connectivity index (χ0v) is 14.1. The zero-order chi connectivity index (χ0) is 15.5. The number of aromatic nitrogens is 2. The molecule has 3 aromatic rings. The first-order valence-electron chi connectivity index (χ1n) is 6.50. The zero-order valence-electron chi connectivity index (χ0n) is 11.7. The monoisotopic (exact) mass is 349 g/mol. The third-order valence-corrected chi connectivity index (χ3v) is 5.10. The van der Waals surface area contributed by atoms with Crippen LogP contribution >= 0.6 is 34.7 Å². The molecule has 0 fully saturated rings. The maximum absolute atomic E-state index is 12.1. The Labute approximate surface area is 140 Å². The number of benzene rings is 1. The van der Waals surface area contributed by atoms with E-state index in [4.69, 9.17) is 11.6 Å². The maximum atomic E-state index is 12.1. The van der Waals surface area contributed by atoms with E-state index < -0.39 is 0 Å². The smallest absolute Gasteiger partial charge is 0.234 e. The Morgan fingerprint density at radius 1 is 1.36 bits per heavy atom. The van der Waals surface area contributed by atoms with Gasteiger partial charge in [-0.25, -0.2) is 9.97 Å². The van der Waals surface area contributed by atoms with Crippen molar-refractivity contribution in [2.75, 3.05) is 11.1 Å². The van der Waals surface area contributed by atoms with Crippen LogP contribution in [0.25, 0.3) is 10.2 Å². The summed E-state index contributed by atoms with van der Waals surface area (Å²) in [6.45, 7) is 1.95. The Kier molecular flexibility index (Phi) is 4.61. The van der Waals surface area contributed by atoms with Crippen molar-refractivity contribution >= 4 is 56.5 Å². The summed E-state index contributed by atoms with van der Waals surface area (Å²) in [6.07, 6.45) is 1.52. The Morgan fingerprint density at radius 3 is 3.05 bits per heavy atom. The minimum Gasteiger partial charge on any atom is -0.324 e. The van der Waals surface area contributed by atoms with E-state index >= 15 is 0 Å². The van der Waals surface area contributed by atoms with Gasteiger partial charge in [-0.15, -0.1) is 11.3 Å². The molecule has 0 bridgehead atoms. The van der Waals surface area contributed by atoms with Gasteiger partial charge in [0.25, 0.3) is 0 Å². The number of amides is 1. The Balaban J connectivity index is 1.66. The summed E-state index contributed by atoms with van der Waals surface area (Å²) in [5, 5.41) is 7.13. The molecule has 0 spiro atoms. The van der Waals surface area contributed by atoms with Crippen LogP contribution < -0.4 is 5.32 Å². The summed E-state index contributed by atoms with van der Waals surface area (Å²) in [5.41, 5.74) is 1.68. The molecule has 0 radical (unpaired) electrons. The molecule has 0 aliphatic carbocycles. The first kappa shape index (κ1) is 15.3. The molecule has 112 valence electrons. The average molecular weight is 350 g/mol. The Morgan fingerprint density at radius 2 is 2.23 bits per heavy atom. The fourth-order valence-electron chi connectivity index (χ4n) is 1.92. The van der Waals surface area contributed by atoms with Crippen LogP contribution in [0.5, 0.6) is 0 Å². The average Bonchev–Trinajstić information content (AvgIpc) is 2.97. The van der Waals surface area contributed by atoms with Gasteiger partial charge in [0.15, 0.2) is 0 Å². The first-order chi connectivity index (χ1) is 10.6. The number of fused-ring (bicyclic) bond motifs is 1. The van der Waals surface area contributed by atoms with Crippen molar-refractivity contribution in [3.8, 4) is 0 Å². The number of carbonyl (C=O) groups excluding carboxylic acids is 1. The molecule has 3 rings (SSSR count). The lowest BCUT2D eigenvalue weighted by Gasteiger charge is -2.07. The topological polar surface area (TPSA) is 54.9 Å². The number of hydrogen-bond donors (Lipinski definition) is 1. The second kappa shape index (κ2) is 6.64. The molecular formula is C15H12ClN3OS2. The quantitative estimate of drug-likeness (QED) is 0.561. The standard InChI is InChI=1S/C15H12ClN3OS2/c1-9-2-3-12(11(16)6-9)19-13(20)7-22-15-10-4-5-21-14(10)17-8-18-15/h2-6,8H,7H2,1H3,(H,19,20). The molecule has 1 amide bonds. The number of nitrogens with zero attached hydrogens (tertiary/aromatic N) is 2. The molecular weight excluding hydrogens is 338 g/mol. The molecule has 1 N–H and O–H groups in total. The van der Waals surface area contributed by atoms with E-state index in [1.54, 1.807) is 11.3 Å². The highest BCUT2D eigenvalue weighted by molar-refractivity contribution is 8.00. The van der Waals surface area contributed by atoms with Crippen molar-refractivity contribution in [2.45, 2.75) is 11.9 Å². The number of hydrogen-bond acceptors (Lipinski definition) is 5. The number of aryl methyl sites for hydroxylation is 1. The minimum atomic E-state index is -0.113. The Hall–Kier alpha value is -1.63. The fourth-order valence-corrected chi connectivity index (χ4v) is 3.79. The molecule has 0 saturated carbocycles. The normalized spacial score (nSPS) is 10.8. The van der Waals surface area contributed by atoms with Gasteiger partial charge in [0.05, 0.1) is 16.5 Å². The van der Waals surface area contributed by atoms with Crippen LogP contribution in [0.15, 0.2) is 41.0 Å². The molecule has 2 heterocycles. The summed E-state index contributed by atoms with van der Waals surface area (Å²) < 4.78 is 0. The highest BCUT2D eigenvalue weighted by Gasteiger charge is 2.10. The summed E-state index contributed by atoms with van der Waals surface area (Å²) in [4.78, 5) is 21.4. The summed E-state index contributed by atoms with van der Waals surface area (Å²) >= 11 is 9.06. The van der Waals surface area contributed by atoms with Gasteiger partial charge in [0.1, 0.15) is 16.2 Å². The first-order valence-corrected chi connectivity index (χ1v) is 8.75. The van der Waals surface area contributed by atoms with Crippen molar-refractivity contribution < 1.29 is 4.79 Å². The highest BCUT2D eigenvalue weighted by Crippen LogP contribution is 2.28. The number of carbonyl (C=O) groups is 1. The second-order valence-corrected chi connectivity index (χ2v) is 6.90. The molecule has 0 aliphatic rings. The van der Waals surface area contributed by atoms with E-state index in [1.807, 2.05) is 36.6 Å². The SMILES string of the molecule is Cc1ccc(NC(=O)CSc2ncnc3sccc23)c(Cl)c1. The van der Waals surface area contributed by atoms with Crippen molar-refractivity contribution in [1.29, 1.82) is 0 Å². The summed E-state index contributed by atoms with van der Waals surface area (Å²) in [7, 11) is 0. The third-order valence-electron chi connectivity index (χ3n) is 2.96. The van der Waals surface area contributed by atoms with Gasteiger partial charge in [-0.2, -0.15) is 0 Å². The number of thioether (sulfide) groups is 1. The molecule has 4 nitrogen and oxygen atoms in total. The van der Waals surface area contributed by atoms with Gasteiger partial charge in [-0.3, -0.25) is 4.79 Å². The van der Waals surface area contributed by atoms with Gasteiger partial charge in [0, 0.05) is 5.39 Å². The number of thiophene rings is 1. The molecule has 0 aliphatic heterocycles. The van der Waals surface area contributed by atoms with E-state index in [1.165, 1.54) is 18.1 Å². The van der Waals surface area contributed by atoms with Crippen LogP contribution in [0.4, 0.5) is 5.69 Å². The predicted molar refractivity (Wildman–Crippen MR) is 93.0 cm³/mol. The molecule has 2 aromatic heterocycles. The van der Waals surface area contributed by atoms with Crippen molar-refractivity contribution in [2.24, 2.45) is 0 Å². The van der Waals surface area contributed by atoms with Gasteiger partial charge >= 0.3 is 0 Å². The van der Waals surface area contributed by atoms with E-state index in [0.717, 1.165) is 20.8 Å². The van der Waals surface area contributed by atoms with Crippen LogP contribution in [0, 0.1) is 6.92 Å².